The van der Waals surface area contributed by atoms with Crippen LogP contribution in [-0.2, 0) is 39.6 Å². The average Bonchev–Trinajstić information content (AvgIpc) is 3.56. The van der Waals surface area contributed by atoms with Crippen molar-refractivity contribution < 1.29 is 30.5 Å². The summed E-state index contributed by atoms with van der Waals surface area (Å²) in [5.74, 6) is -0.600. The average molecular weight is 739 g/mol. The lowest BCUT2D eigenvalue weighted by atomic mass is 10.1. The number of hydrogen-bond acceptors (Lipinski definition) is 8. The second-order valence-electron chi connectivity index (χ2n) is 11.6. The summed E-state index contributed by atoms with van der Waals surface area (Å²) >= 11 is 3.29. The zero-order valence-corrected chi connectivity index (χ0v) is 32.4. The number of thioether (sulfide) groups is 1. The Balaban J connectivity index is 0.000000804. The normalized spacial score (nSPS) is 14.6. The molecule has 0 unspecified atom stereocenters. The van der Waals surface area contributed by atoms with E-state index in [1.165, 1.54) is 30.8 Å². The summed E-state index contributed by atoms with van der Waals surface area (Å²) in [6.07, 6.45) is 7.38. The monoisotopic (exact) mass is 738 g/mol. The Hall–Kier alpha value is -2.26. The molecule has 9 nitrogen and oxygen atoms in total. The maximum atomic E-state index is 11.4. The SMILES string of the molecule is CCC(=Cc1sc2ccc(CC)cc2[n+]1CCCS(=O)(=O)O)C=C1Sc2ccc(CC)cc2N1CCCS(=O)(=O)O.CCN(CC)CC. The van der Waals surface area contributed by atoms with Gasteiger partial charge in [0.1, 0.15) is 4.70 Å². The maximum absolute atomic E-state index is 11.4. The highest BCUT2D eigenvalue weighted by molar-refractivity contribution is 8.03. The molecule has 1 aromatic heterocycles. The molecule has 13 heteroatoms. The highest BCUT2D eigenvalue weighted by Gasteiger charge is 2.26. The van der Waals surface area contributed by atoms with Gasteiger partial charge in [0, 0.05) is 30.0 Å². The molecular weight excluding hydrogens is 687 g/mol. The fraction of sp³-hybridized carbons (Fsp3) is 0.514. The molecular formula is C35H52N3O6S4+. The minimum absolute atomic E-state index is 0.293. The van der Waals surface area contributed by atoms with Gasteiger partial charge in [0.25, 0.3) is 25.2 Å². The van der Waals surface area contributed by atoms with Crippen molar-refractivity contribution >= 4 is 65.3 Å². The fourth-order valence-electron chi connectivity index (χ4n) is 5.45. The molecule has 0 radical (unpaired) electrons. The number of rotatable bonds is 16. The molecule has 4 rings (SSSR count). The molecule has 1 aliphatic rings. The van der Waals surface area contributed by atoms with Crippen LogP contribution in [0.3, 0.4) is 0 Å². The summed E-state index contributed by atoms with van der Waals surface area (Å²) in [6, 6.07) is 12.7. The van der Waals surface area contributed by atoms with E-state index in [0.717, 1.165) is 55.7 Å². The van der Waals surface area contributed by atoms with Crippen LogP contribution in [0.15, 0.2) is 58.0 Å². The molecule has 0 aliphatic carbocycles. The Bertz CT molecular complexity index is 1790. The molecule has 0 spiro atoms. The largest absolute Gasteiger partial charge is 0.335 e. The standard InChI is InChI=1S/C29H36N2O6S4.C6H15N/c1-4-21-9-11-26-24(17-21)30(13-7-15-40(32,33)34)28(38-26)19-23(6-3)20-29-31(14-8-16-41(35,36)37)25-18-22(5-2)10-12-27(25)39-29;1-4-7(5-2)6-3/h9-12,17-20H,4-8,13-16H2,1-3H3,(H-,32,33,34,35,36,37);4-6H2,1-3H3/p+1. The Labute approximate surface area is 296 Å². The number of benzene rings is 2. The molecule has 0 atom stereocenters. The first-order chi connectivity index (χ1) is 22.7. The number of aromatic nitrogens is 1. The van der Waals surface area contributed by atoms with Crippen LogP contribution in [0.4, 0.5) is 5.69 Å². The molecule has 0 saturated heterocycles. The van der Waals surface area contributed by atoms with Gasteiger partial charge < -0.3 is 9.80 Å². The third-order valence-electron chi connectivity index (χ3n) is 8.34. The van der Waals surface area contributed by atoms with Gasteiger partial charge in [0.2, 0.25) is 5.52 Å². The van der Waals surface area contributed by atoms with Crippen LogP contribution in [0.1, 0.15) is 76.9 Å². The van der Waals surface area contributed by atoms with Gasteiger partial charge in [-0.1, -0.05) is 76.8 Å². The molecule has 1 aliphatic heterocycles. The fourth-order valence-corrected chi connectivity index (χ4v) is 8.73. The second-order valence-corrected chi connectivity index (χ2v) is 16.9. The second kappa shape index (κ2) is 18.7. The molecule has 3 aromatic rings. The molecule has 2 heterocycles. The van der Waals surface area contributed by atoms with Gasteiger partial charge in [-0.3, -0.25) is 9.11 Å². The lowest BCUT2D eigenvalue weighted by molar-refractivity contribution is -0.668. The summed E-state index contributed by atoms with van der Waals surface area (Å²) in [7, 11) is -8.10. The number of anilines is 1. The summed E-state index contributed by atoms with van der Waals surface area (Å²) in [5, 5.41) is 1.98. The minimum Gasteiger partial charge on any atom is -0.335 e. The number of aryl methyl sites for hydroxylation is 3. The minimum atomic E-state index is -4.05. The van der Waals surface area contributed by atoms with Gasteiger partial charge in [-0.2, -0.15) is 21.4 Å². The number of thiazole rings is 1. The Kier molecular flexibility index (Phi) is 15.6. The van der Waals surface area contributed by atoms with Crippen LogP contribution in [-0.4, -0.2) is 68.5 Å². The first-order valence-electron chi connectivity index (χ1n) is 16.8. The van der Waals surface area contributed by atoms with Crippen molar-refractivity contribution in [2.45, 2.75) is 85.1 Å². The van der Waals surface area contributed by atoms with Crippen molar-refractivity contribution in [3.05, 3.63) is 69.2 Å². The van der Waals surface area contributed by atoms with Crippen LogP contribution in [0.25, 0.3) is 16.3 Å². The van der Waals surface area contributed by atoms with Gasteiger partial charge in [-0.25, -0.2) is 0 Å². The molecule has 48 heavy (non-hydrogen) atoms. The Morgan fingerprint density at radius 1 is 0.854 bits per heavy atom. The van der Waals surface area contributed by atoms with E-state index in [1.807, 2.05) is 0 Å². The summed E-state index contributed by atoms with van der Waals surface area (Å²) in [6.45, 7) is 17.3. The lowest BCUT2D eigenvalue weighted by Crippen LogP contribution is -2.36. The van der Waals surface area contributed by atoms with E-state index < -0.39 is 20.2 Å². The van der Waals surface area contributed by atoms with Crippen LogP contribution < -0.4 is 9.47 Å². The Morgan fingerprint density at radius 3 is 2.02 bits per heavy atom. The zero-order chi connectivity index (χ0) is 35.5. The first kappa shape index (κ1) is 40.2. The number of allylic oxidation sites excluding steroid dienone is 2. The predicted octanol–water partition coefficient (Wildman–Crippen LogP) is 7.46. The van der Waals surface area contributed by atoms with E-state index in [0.29, 0.717) is 25.9 Å². The number of hydrogen-bond donors (Lipinski definition) is 2. The predicted molar refractivity (Wildman–Crippen MR) is 202 cm³/mol. The molecule has 2 aromatic carbocycles. The maximum Gasteiger partial charge on any atom is 0.265 e. The number of nitrogens with zero attached hydrogens (tertiary/aromatic N) is 3. The highest BCUT2D eigenvalue weighted by Crippen LogP contribution is 2.47. The first-order valence-corrected chi connectivity index (χ1v) is 21.7. The van der Waals surface area contributed by atoms with E-state index in [9.17, 15) is 25.9 Å². The van der Waals surface area contributed by atoms with Crippen LogP contribution in [0, 0.1) is 0 Å². The molecule has 2 N–H and O–H groups in total. The summed E-state index contributed by atoms with van der Waals surface area (Å²) < 4.78 is 67.4. The van der Waals surface area contributed by atoms with Gasteiger partial charge in [0.05, 0.1) is 22.2 Å². The zero-order valence-electron chi connectivity index (χ0n) is 29.1. The lowest BCUT2D eigenvalue weighted by Gasteiger charge is -2.21. The molecule has 0 amide bonds. The van der Waals surface area contributed by atoms with E-state index in [4.69, 9.17) is 0 Å². The van der Waals surface area contributed by atoms with Crippen LogP contribution in [0.5, 0.6) is 0 Å². The van der Waals surface area contributed by atoms with Crippen molar-refractivity contribution in [2.75, 3.05) is 42.6 Å². The molecule has 0 saturated carbocycles. The number of fused-ring (bicyclic) bond motifs is 2. The molecule has 266 valence electrons. The van der Waals surface area contributed by atoms with Crippen molar-refractivity contribution in [3.8, 4) is 0 Å². The van der Waals surface area contributed by atoms with Crippen molar-refractivity contribution in [1.82, 2.24) is 4.90 Å². The van der Waals surface area contributed by atoms with E-state index in [2.05, 4.69) is 104 Å². The van der Waals surface area contributed by atoms with Crippen molar-refractivity contribution in [3.63, 3.8) is 0 Å². The summed E-state index contributed by atoms with van der Waals surface area (Å²) in [5.41, 5.74) is 5.54. The van der Waals surface area contributed by atoms with E-state index >= 15 is 0 Å². The quantitative estimate of drug-likeness (QED) is 0.114. The van der Waals surface area contributed by atoms with E-state index in [1.54, 1.807) is 23.1 Å². The molecule has 0 fully saturated rings. The molecule has 0 bridgehead atoms. The van der Waals surface area contributed by atoms with Crippen molar-refractivity contribution in [1.29, 1.82) is 0 Å². The van der Waals surface area contributed by atoms with Gasteiger partial charge in [-0.05, 0) is 86.3 Å². The topological polar surface area (TPSA) is 119 Å². The third-order valence-corrected chi connectivity index (χ3v) is 12.2. The van der Waals surface area contributed by atoms with Crippen LogP contribution >= 0.6 is 23.1 Å². The summed E-state index contributed by atoms with van der Waals surface area (Å²) in [4.78, 5) is 5.61. The smallest absolute Gasteiger partial charge is 0.265 e. The van der Waals surface area contributed by atoms with Gasteiger partial charge in [-0.15, -0.1) is 0 Å². The third kappa shape index (κ3) is 12.0. The Morgan fingerprint density at radius 2 is 1.46 bits per heavy atom. The van der Waals surface area contributed by atoms with Gasteiger partial charge >= 0.3 is 0 Å². The van der Waals surface area contributed by atoms with Crippen LogP contribution in [0.2, 0.25) is 0 Å². The van der Waals surface area contributed by atoms with Crippen molar-refractivity contribution in [2.24, 2.45) is 0 Å². The van der Waals surface area contributed by atoms with Gasteiger partial charge in [0.15, 0.2) is 6.54 Å². The van der Waals surface area contributed by atoms with E-state index in [-0.39, 0.29) is 11.5 Å². The highest BCUT2D eigenvalue weighted by atomic mass is 32.2.